The summed E-state index contributed by atoms with van der Waals surface area (Å²) in [6.07, 6.45) is 5.14. The van der Waals surface area contributed by atoms with E-state index < -0.39 is 0 Å². The van der Waals surface area contributed by atoms with E-state index in [2.05, 4.69) is 27.3 Å². The smallest absolute Gasteiger partial charge is 0.253 e. The lowest BCUT2D eigenvalue weighted by molar-refractivity contribution is 0.0931. The topological polar surface area (TPSA) is 58.1 Å². The van der Waals surface area contributed by atoms with Crippen LogP contribution in [-0.2, 0) is 0 Å². The van der Waals surface area contributed by atoms with E-state index in [4.69, 9.17) is 4.98 Å². The zero-order valence-corrected chi connectivity index (χ0v) is 14.0. The second kappa shape index (κ2) is 6.57. The molecule has 1 aliphatic rings. The van der Waals surface area contributed by atoms with Gasteiger partial charge in [0.1, 0.15) is 0 Å². The molecular weight excluding hydrogens is 320 g/mol. The third-order valence-corrected chi connectivity index (χ3v) is 5.40. The second-order valence-electron chi connectivity index (χ2n) is 5.94. The van der Waals surface area contributed by atoms with Gasteiger partial charge in [-0.3, -0.25) is 9.78 Å². The summed E-state index contributed by atoms with van der Waals surface area (Å²) in [6.45, 7) is 1.83. The Kier molecular flexibility index (Phi) is 4.13. The summed E-state index contributed by atoms with van der Waals surface area (Å²) in [5.74, 6) is -0.0402. The van der Waals surface area contributed by atoms with Gasteiger partial charge < -0.3 is 10.2 Å². The molecule has 1 fully saturated rings. The van der Waals surface area contributed by atoms with Crippen LogP contribution in [0.25, 0.3) is 10.2 Å². The lowest BCUT2D eigenvalue weighted by Crippen LogP contribution is -2.44. The molecule has 122 valence electrons. The van der Waals surface area contributed by atoms with Gasteiger partial charge in [0.25, 0.3) is 5.91 Å². The van der Waals surface area contributed by atoms with E-state index in [0.29, 0.717) is 5.56 Å². The van der Waals surface area contributed by atoms with Crippen molar-refractivity contribution >= 4 is 32.6 Å². The van der Waals surface area contributed by atoms with Crippen LogP contribution in [0.4, 0.5) is 5.13 Å². The number of hydrogen-bond donors (Lipinski definition) is 1. The fraction of sp³-hybridized carbons (Fsp3) is 0.278. The summed E-state index contributed by atoms with van der Waals surface area (Å²) in [5, 5.41) is 4.19. The highest BCUT2D eigenvalue weighted by molar-refractivity contribution is 7.22. The molecule has 4 rings (SSSR count). The van der Waals surface area contributed by atoms with Crippen molar-refractivity contribution in [3.05, 3.63) is 54.4 Å². The summed E-state index contributed by atoms with van der Waals surface area (Å²) in [7, 11) is 0. The van der Waals surface area contributed by atoms with Gasteiger partial charge in [0.2, 0.25) is 0 Å². The van der Waals surface area contributed by atoms with E-state index in [1.807, 2.05) is 12.1 Å². The van der Waals surface area contributed by atoms with Crippen LogP contribution in [0.2, 0.25) is 0 Å². The number of pyridine rings is 1. The number of piperidine rings is 1. The Balaban J connectivity index is 1.37. The Morgan fingerprint density at radius 3 is 2.75 bits per heavy atom. The zero-order chi connectivity index (χ0) is 16.4. The number of nitrogens with one attached hydrogen (secondary N) is 1. The van der Waals surface area contributed by atoms with E-state index in [1.165, 1.54) is 4.70 Å². The molecule has 0 radical (unpaired) electrons. The summed E-state index contributed by atoms with van der Waals surface area (Å²) in [6, 6.07) is 12.0. The van der Waals surface area contributed by atoms with Crippen LogP contribution >= 0.6 is 11.3 Å². The van der Waals surface area contributed by atoms with Crippen molar-refractivity contribution in [2.75, 3.05) is 18.0 Å². The van der Waals surface area contributed by atoms with Crippen molar-refractivity contribution in [1.29, 1.82) is 0 Å². The van der Waals surface area contributed by atoms with Gasteiger partial charge in [0.05, 0.1) is 15.8 Å². The SMILES string of the molecule is O=C(NC1CCN(c2nc3ccccc3s2)CC1)c1cccnc1. The molecule has 6 heteroatoms. The lowest BCUT2D eigenvalue weighted by Gasteiger charge is -2.32. The van der Waals surface area contributed by atoms with Gasteiger partial charge >= 0.3 is 0 Å². The number of amides is 1. The first-order valence-electron chi connectivity index (χ1n) is 8.11. The predicted molar refractivity (Wildman–Crippen MR) is 96.6 cm³/mol. The molecule has 0 unspecified atom stereocenters. The van der Waals surface area contributed by atoms with E-state index in [0.717, 1.165) is 36.6 Å². The molecule has 5 nitrogen and oxygen atoms in total. The molecule has 1 N–H and O–H groups in total. The van der Waals surface area contributed by atoms with Crippen molar-refractivity contribution in [3.63, 3.8) is 0 Å². The number of hydrogen-bond acceptors (Lipinski definition) is 5. The molecule has 0 bridgehead atoms. The molecule has 2 aromatic heterocycles. The highest BCUT2D eigenvalue weighted by Gasteiger charge is 2.23. The van der Waals surface area contributed by atoms with Crippen molar-refractivity contribution in [2.24, 2.45) is 0 Å². The summed E-state index contributed by atoms with van der Waals surface area (Å²) < 4.78 is 1.22. The number of carbonyl (C=O) groups excluding carboxylic acids is 1. The van der Waals surface area contributed by atoms with Crippen LogP contribution in [0.5, 0.6) is 0 Å². The highest BCUT2D eigenvalue weighted by Crippen LogP contribution is 2.30. The number of carbonyl (C=O) groups is 1. The Morgan fingerprint density at radius 1 is 1.17 bits per heavy atom. The first-order valence-corrected chi connectivity index (χ1v) is 8.93. The minimum atomic E-state index is -0.0402. The fourth-order valence-corrected chi connectivity index (χ4v) is 3.99. The maximum atomic E-state index is 12.2. The number of benzene rings is 1. The van der Waals surface area contributed by atoms with Gasteiger partial charge in [-0.15, -0.1) is 0 Å². The zero-order valence-electron chi connectivity index (χ0n) is 13.2. The van der Waals surface area contributed by atoms with Crippen LogP contribution < -0.4 is 10.2 Å². The molecule has 1 amide bonds. The maximum absolute atomic E-state index is 12.2. The monoisotopic (exact) mass is 338 g/mol. The highest BCUT2D eigenvalue weighted by atomic mass is 32.1. The normalized spacial score (nSPS) is 15.6. The van der Waals surface area contributed by atoms with E-state index in [-0.39, 0.29) is 11.9 Å². The Labute approximate surface area is 144 Å². The Morgan fingerprint density at radius 2 is 2.00 bits per heavy atom. The molecule has 3 heterocycles. The molecule has 1 aliphatic heterocycles. The first-order chi connectivity index (χ1) is 11.8. The van der Waals surface area contributed by atoms with Crippen molar-refractivity contribution in [2.45, 2.75) is 18.9 Å². The molecule has 1 saturated heterocycles. The standard InChI is InChI=1S/C18H18N4OS/c23-17(13-4-3-9-19-12-13)20-14-7-10-22(11-8-14)18-21-15-5-1-2-6-16(15)24-18/h1-6,9,12,14H,7-8,10-11H2,(H,20,23). The van der Waals surface area contributed by atoms with Crippen LogP contribution in [0.15, 0.2) is 48.8 Å². The van der Waals surface area contributed by atoms with Crippen molar-refractivity contribution in [3.8, 4) is 0 Å². The van der Waals surface area contributed by atoms with Gasteiger partial charge in [-0.2, -0.15) is 0 Å². The molecule has 1 aromatic carbocycles. The maximum Gasteiger partial charge on any atom is 0.253 e. The van der Waals surface area contributed by atoms with Crippen LogP contribution in [0, 0.1) is 0 Å². The van der Waals surface area contributed by atoms with E-state index in [1.54, 1.807) is 35.9 Å². The van der Waals surface area contributed by atoms with Gasteiger partial charge in [-0.25, -0.2) is 4.98 Å². The van der Waals surface area contributed by atoms with Crippen molar-refractivity contribution in [1.82, 2.24) is 15.3 Å². The molecule has 3 aromatic rings. The largest absolute Gasteiger partial charge is 0.349 e. The fourth-order valence-electron chi connectivity index (χ4n) is 2.98. The van der Waals surface area contributed by atoms with E-state index >= 15 is 0 Å². The first kappa shape index (κ1) is 15.1. The molecule has 0 aliphatic carbocycles. The third-order valence-electron chi connectivity index (χ3n) is 4.31. The molecule has 0 spiro atoms. The van der Waals surface area contributed by atoms with Crippen LogP contribution in [0.1, 0.15) is 23.2 Å². The predicted octanol–water partition coefficient (Wildman–Crippen LogP) is 3.09. The van der Waals surface area contributed by atoms with E-state index in [9.17, 15) is 4.79 Å². The third kappa shape index (κ3) is 3.10. The number of thiazole rings is 1. The average molecular weight is 338 g/mol. The molecule has 24 heavy (non-hydrogen) atoms. The number of para-hydroxylation sites is 1. The van der Waals surface area contributed by atoms with Gasteiger partial charge in [0.15, 0.2) is 5.13 Å². The minimum absolute atomic E-state index is 0.0402. The Hall–Kier alpha value is -2.47. The molecule has 0 saturated carbocycles. The van der Waals surface area contributed by atoms with Crippen LogP contribution in [-0.4, -0.2) is 35.0 Å². The number of aromatic nitrogens is 2. The molecular formula is C18H18N4OS. The minimum Gasteiger partial charge on any atom is -0.349 e. The molecule has 0 atom stereocenters. The quantitative estimate of drug-likeness (QED) is 0.797. The van der Waals surface area contributed by atoms with Crippen LogP contribution in [0.3, 0.4) is 0 Å². The van der Waals surface area contributed by atoms with Gasteiger partial charge in [0, 0.05) is 31.5 Å². The number of rotatable bonds is 3. The second-order valence-corrected chi connectivity index (χ2v) is 6.95. The van der Waals surface area contributed by atoms with Gasteiger partial charge in [-0.05, 0) is 37.1 Å². The van der Waals surface area contributed by atoms with Gasteiger partial charge in [-0.1, -0.05) is 23.5 Å². The number of anilines is 1. The summed E-state index contributed by atoms with van der Waals surface area (Å²) >= 11 is 1.74. The number of nitrogens with zero attached hydrogens (tertiary/aromatic N) is 3. The Bertz CT molecular complexity index is 807. The van der Waals surface area contributed by atoms with Crippen molar-refractivity contribution < 1.29 is 4.79 Å². The summed E-state index contributed by atoms with van der Waals surface area (Å²) in [4.78, 5) is 23.2. The lowest BCUT2D eigenvalue weighted by atomic mass is 10.1. The number of fused-ring (bicyclic) bond motifs is 1. The average Bonchev–Trinajstić information content (AvgIpc) is 3.07. The summed E-state index contributed by atoms with van der Waals surface area (Å²) in [5.41, 5.74) is 1.68.